The van der Waals surface area contributed by atoms with Crippen molar-refractivity contribution >= 4 is 39.4 Å². The zero-order chi connectivity index (χ0) is 28.6. The van der Waals surface area contributed by atoms with Crippen molar-refractivity contribution in [3.05, 3.63) is 47.7 Å². The first-order valence-electron chi connectivity index (χ1n) is 13.0. The van der Waals surface area contributed by atoms with Gasteiger partial charge in [0.2, 0.25) is 16.0 Å². The second-order valence-electron chi connectivity index (χ2n) is 11.8. The lowest BCUT2D eigenvalue weighted by atomic mass is 9.90. The van der Waals surface area contributed by atoms with E-state index in [1.807, 2.05) is 13.8 Å². The van der Waals surface area contributed by atoms with Crippen LogP contribution >= 0.6 is 0 Å². The third-order valence-electron chi connectivity index (χ3n) is 7.02. The predicted octanol–water partition coefficient (Wildman–Crippen LogP) is 5.03. The normalized spacial score (nSPS) is 20.4. The number of likely N-dealkylation sites (tertiary alicyclic amines) is 1. The lowest BCUT2D eigenvalue weighted by molar-refractivity contribution is 0.253. The molecule has 1 aromatic carbocycles. The zero-order valence-electron chi connectivity index (χ0n) is 23.2. The van der Waals surface area contributed by atoms with E-state index in [0.717, 1.165) is 32.0 Å². The molecule has 3 N–H and O–H groups in total. The van der Waals surface area contributed by atoms with Crippen LogP contribution in [0.4, 0.5) is 26.0 Å². The Labute approximate surface area is 229 Å². The Balaban J connectivity index is 1.51. The lowest BCUT2D eigenvalue weighted by Gasteiger charge is -2.32. The topological polar surface area (TPSA) is 111 Å². The molecule has 0 radical (unpaired) electrons. The summed E-state index contributed by atoms with van der Waals surface area (Å²) >= 11 is 0. The number of rotatable bonds is 6. The number of hydrogen-bond donors (Lipinski definition) is 3. The SMILES string of the molecule is CN1CCC(c2cnc(NC3=NC(Nc4cc(F)cc(NS(=O)(=O)C(C)(C)C)c4)C(C)(C)C=N3)cc2F)CC1. The van der Waals surface area contributed by atoms with Gasteiger partial charge in [-0.1, -0.05) is 13.8 Å². The molecular weight excluding hydrogens is 524 g/mol. The maximum atomic E-state index is 15.0. The van der Waals surface area contributed by atoms with Crippen molar-refractivity contribution in [2.24, 2.45) is 15.4 Å². The summed E-state index contributed by atoms with van der Waals surface area (Å²) in [5, 5.41) is 6.14. The van der Waals surface area contributed by atoms with Gasteiger partial charge in [0.05, 0.1) is 10.4 Å². The Bertz CT molecular complexity index is 1380. The van der Waals surface area contributed by atoms with Crippen LogP contribution in [0.15, 0.2) is 40.4 Å². The molecule has 0 bridgehead atoms. The van der Waals surface area contributed by atoms with E-state index >= 15 is 0 Å². The number of nitrogens with zero attached hydrogens (tertiary/aromatic N) is 4. The quantitative estimate of drug-likeness (QED) is 0.457. The maximum absolute atomic E-state index is 15.0. The average Bonchev–Trinajstić information content (AvgIpc) is 2.81. The van der Waals surface area contributed by atoms with Gasteiger partial charge >= 0.3 is 0 Å². The maximum Gasteiger partial charge on any atom is 0.237 e. The third kappa shape index (κ3) is 6.91. The molecule has 1 fully saturated rings. The van der Waals surface area contributed by atoms with Crippen molar-refractivity contribution in [3.8, 4) is 0 Å². The van der Waals surface area contributed by atoms with Crippen LogP contribution in [0.1, 0.15) is 58.9 Å². The largest absolute Gasteiger partial charge is 0.363 e. The molecule has 0 saturated carbocycles. The molecule has 212 valence electrons. The summed E-state index contributed by atoms with van der Waals surface area (Å²) in [6.45, 7) is 10.3. The molecular formula is C27H37F2N7O2S. The number of piperidine rings is 1. The number of aromatic nitrogens is 1. The van der Waals surface area contributed by atoms with E-state index in [1.54, 1.807) is 33.2 Å². The second-order valence-corrected chi connectivity index (χ2v) is 14.3. The number of hydrogen-bond acceptors (Lipinski definition) is 8. The van der Waals surface area contributed by atoms with Crippen LogP contribution in [0.5, 0.6) is 0 Å². The molecule has 0 spiro atoms. The van der Waals surface area contributed by atoms with Crippen molar-refractivity contribution < 1.29 is 17.2 Å². The van der Waals surface area contributed by atoms with Gasteiger partial charge < -0.3 is 15.5 Å². The fourth-order valence-electron chi connectivity index (χ4n) is 4.35. The third-order valence-corrected chi connectivity index (χ3v) is 9.13. The first kappa shape index (κ1) is 28.9. The first-order chi connectivity index (χ1) is 18.1. The van der Waals surface area contributed by atoms with E-state index in [0.29, 0.717) is 11.3 Å². The second kappa shape index (κ2) is 10.8. The minimum Gasteiger partial charge on any atom is -0.363 e. The standard InChI is InChI=1S/C27H37F2N7O2S/c1-26(2,3)39(37,38)35-20-12-18(28)11-19(13-20)32-24-27(4,5)16-31-25(34-24)33-23-14-22(29)21(15-30-23)17-7-9-36(6)10-8-17/h11-17,24,32,35H,7-10H2,1-6H3,(H,30,33,34). The van der Waals surface area contributed by atoms with Crippen molar-refractivity contribution in [1.29, 1.82) is 0 Å². The molecule has 3 heterocycles. The Morgan fingerprint density at radius 2 is 1.72 bits per heavy atom. The number of aliphatic imine (C=N–C) groups is 2. The highest BCUT2D eigenvalue weighted by Gasteiger charge is 2.32. The van der Waals surface area contributed by atoms with E-state index in [1.165, 1.54) is 18.2 Å². The van der Waals surface area contributed by atoms with E-state index in [4.69, 9.17) is 0 Å². The molecule has 1 saturated heterocycles. The summed E-state index contributed by atoms with van der Waals surface area (Å²) in [6, 6.07) is 5.25. The monoisotopic (exact) mass is 561 g/mol. The molecule has 9 nitrogen and oxygen atoms in total. The van der Waals surface area contributed by atoms with Gasteiger partial charge in [-0.15, -0.1) is 0 Å². The van der Waals surface area contributed by atoms with E-state index < -0.39 is 32.2 Å². The minimum atomic E-state index is -3.74. The van der Waals surface area contributed by atoms with Crippen molar-refractivity contribution in [2.45, 2.75) is 64.3 Å². The van der Waals surface area contributed by atoms with Crippen molar-refractivity contribution in [1.82, 2.24) is 9.88 Å². The summed E-state index contributed by atoms with van der Waals surface area (Å²) in [4.78, 5) is 15.6. The molecule has 2 aliphatic rings. The number of anilines is 3. The first-order valence-corrected chi connectivity index (χ1v) is 14.4. The van der Waals surface area contributed by atoms with Gasteiger partial charge in [0.25, 0.3) is 0 Å². The highest BCUT2D eigenvalue weighted by Crippen LogP contribution is 2.31. The van der Waals surface area contributed by atoms with Crippen molar-refractivity contribution in [2.75, 3.05) is 35.5 Å². The molecule has 0 aliphatic carbocycles. The number of halogens is 2. The van der Waals surface area contributed by atoms with Crippen LogP contribution in [0, 0.1) is 17.0 Å². The van der Waals surface area contributed by atoms with Gasteiger partial charge in [0.1, 0.15) is 23.6 Å². The fraction of sp³-hybridized carbons (Fsp3) is 0.519. The van der Waals surface area contributed by atoms with Gasteiger partial charge in [-0.25, -0.2) is 32.2 Å². The summed E-state index contributed by atoms with van der Waals surface area (Å²) in [5.41, 5.74) is 0.484. The Morgan fingerprint density at radius 3 is 2.36 bits per heavy atom. The van der Waals surface area contributed by atoms with E-state index in [2.05, 4.69) is 42.3 Å². The summed E-state index contributed by atoms with van der Waals surface area (Å²) in [5.74, 6) is -0.284. The van der Waals surface area contributed by atoms with E-state index in [9.17, 15) is 17.2 Å². The number of sulfonamides is 1. The molecule has 1 aromatic heterocycles. The van der Waals surface area contributed by atoms with Crippen LogP contribution in [-0.2, 0) is 10.0 Å². The predicted molar refractivity (Wildman–Crippen MR) is 153 cm³/mol. The van der Waals surface area contributed by atoms with Gasteiger partial charge in [-0.05, 0) is 77.9 Å². The number of benzene rings is 1. The minimum absolute atomic E-state index is 0.0985. The number of pyridine rings is 1. The van der Waals surface area contributed by atoms with Gasteiger partial charge in [0, 0.05) is 35.1 Å². The highest BCUT2D eigenvalue weighted by atomic mass is 32.2. The molecule has 2 aliphatic heterocycles. The van der Waals surface area contributed by atoms with Crippen LogP contribution < -0.4 is 15.4 Å². The molecule has 0 amide bonds. The summed E-state index contributed by atoms with van der Waals surface area (Å²) in [6.07, 6.45) is 4.47. The lowest BCUT2D eigenvalue weighted by Crippen LogP contribution is -2.40. The fourth-order valence-corrected chi connectivity index (χ4v) is 5.08. The number of guanidine groups is 1. The zero-order valence-corrected chi connectivity index (χ0v) is 24.0. The molecule has 1 unspecified atom stereocenters. The smallest absolute Gasteiger partial charge is 0.237 e. The van der Waals surface area contributed by atoms with Crippen LogP contribution in [0.3, 0.4) is 0 Å². The van der Waals surface area contributed by atoms with Gasteiger partial charge in [-0.3, -0.25) is 4.72 Å². The molecule has 4 rings (SSSR count). The highest BCUT2D eigenvalue weighted by molar-refractivity contribution is 7.94. The molecule has 39 heavy (non-hydrogen) atoms. The Hall–Kier alpha value is -3.12. The molecule has 1 atom stereocenters. The van der Waals surface area contributed by atoms with Crippen LogP contribution in [-0.4, -0.2) is 61.5 Å². The van der Waals surface area contributed by atoms with E-state index in [-0.39, 0.29) is 29.2 Å². The van der Waals surface area contributed by atoms with Crippen LogP contribution in [0.2, 0.25) is 0 Å². The van der Waals surface area contributed by atoms with Gasteiger partial charge in [0.15, 0.2) is 0 Å². The molecule has 2 aromatic rings. The summed E-state index contributed by atoms with van der Waals surface area (Å²) < 4.78 is 55.9. The van der Waals surface area contributed by atoms with Crippen molar-refractivity contribution in [3.63, 3.8) is 0 Å². The average molecular weight is 562 g/mol. The number of nitrogens with one attached hydrogen (secondary N) is 3. The summed E-state index contributed by atoms with van der Waals surface area (Å²) in [7, 11) is -1.68. The Morgan fingerprint density at radius 1 is 1.05 bits per heavy atom. The van der Waals surface area contributed by atoms with Crippen LogP contribution in [0.25, 0.3) is 0 Å². The molecule has 12 heteroatoms. The van der Waals surface area contributed by atoms with Gasteiger partial charge in [-0.2, -0.15) is 0 Å². The Kier molecular flexibility index (Phi) is 8.00.